The van der Waals surface area contributed by atoms with Crippen molar-refractivity contribution in [1.82, 2.24) is 19.8 Å². The van der Waals surface area contributed by atoms with Gasteiger partial charge in [-0.3, -0.25) is 4.79 Å². The number of rotatable bonds is 1. The van der Waals surface area contributed by atoms with Gasteiger partial charge < -0.3 is 14.8 Å². The lowest BCUT2D eigenvalue weighted by Crippen LogP contribution is -2.39. The summed E-state index contributed by atoms with van der Waals surface area (Å²) in [6, 6.07) is 0.384. The topological polar surface area (TPSA) is 50.2 Å². The second kappa shape index (κ2) is 3.59. The molecule has 0 saturated carbocycles. The van der Waals surface area contributed by atoms with Crippen molar-refractivity contribution in [3.63, 3.8) is 0 Å². The van der Waals surface area contributed by atoms with E-state index in [1.807, 2.05) is 16.5 Å². The maximum absolute atomic E-state index is 12.2. The first-order chi connectivity index (χ1) is 7.75. The minimum absolute atomic E-state index is 0.0804. The van der Waals surface area contributed by atoms with Crippen LogP contribution in [0, 0.1) is 5.92 Å². The Bertz CT molecular complexity index is 414. The van der Waals surface area contributed by atoms with Gasteiger partial charge in [0.1, 0.15) is 5.69 Å². The molecule has 2 saturated heterocycles. The molecule has 16 heavy (non-hydrogen) atoms. The van der Waals surface area contributed by atoms with E-state index in [4.69, 9.17) is 0 Å². The average Bonchev–Trinajstić information content (AvgIpc) is 2.90. The fourth-order valence-corrected chi connectivity index (χ4v) is 2.77. The van der Waals surface area contributed by atoms with Crippen molar-refractivity contribution in [2.75, 3.05) is 19.6 Å². The van der Waals surface area contributed by atoms with Gasteiger partial charge in [0.2, 0.25) is 0 Å². The second-order valence-corrected chi connectivity index (χ2v) is 4.70. The van der Waals surface area contributed by atoms with E-state index in [1.165, 1.54) is 0 Å². The number of carbonyl (C=O) groups is 1. The van der Waals surface area contributed by atoms with Gasteiger partial charge in [-0.25, -0.2) is 4.98 Å². The molecule has 0 aromatic carbocycles. The van der Waals surface area contributed by atoms with E-state index in [1.54, 1.807) is 12.5 Å². The lowest BCUT2D eigenvalue weighted by Gasteiger charge is -2.22. The molecule has 3 heterocycles. The van der Waals surface area contributed by atoms with Crippen molar-refractivity contribution in [3.05, 3.63) is 18.2 Å². The number of fused-ring (bicyclic) bond motifs is 1. The number of imidazole rings is 1. The van der Waals surface area contributed by atoms with Gasteiger partial charge in [-0.15, -0.1) is 0 Å². The van der Waals surface area contributed by atoms with Crippen LogP contribution in [0.1, 0.15) is 16.9 Å². The normalized spacial score (nSPS) is 28.4. The number of hydrogen-bond acceptors (Lipinski definition) is 3. The van der Waals surface area contributed by atoms with Crippen molar-refractivity contribution >= 4 is 5.91 Å². The van der Waals surface area contributed by atoms with Gasteiger partial charge in [0, 0.05) is 38.9 Å². The third-order valence-electron chi connectivity index (χ3n) is 3.63. The quantitative estimate of drug-likeness (QED) is 0.716. The summed E-state index contributed by atoms with van der Waals surface area (Å²) in [4.78, 5) is 18.3. The molecule has 2 fully saturated rings. The smallest absolute Gasteiger partial charge is 0.274 e. The Morgan fingerprint density at radius 3 is 3.19 bits per heavy atom. The van der Waals surface area contributed by atoms with Crippen molar-refractivity contribution in [3.8, 4) is 0 Å². The third-order valence-corrected chi connectivity index (χ3v) is 3.63. The van der Waals surface area contributed by atoms with Crippen LogP contribution in [0.15, 0.2) is 12.5 Å². The molecule has 2 atom stereocenters. The largest absolute Gasteiger partial charge is 0.340 e. The lowest BCUT2D eigenvalue weighted by molar-refractivity contribution is 0.0731. The molecule has 2 aliphatic heterocycles. The molecular weight excluding hydrogens is 204 g/mol. The van der Waals surface area contributed by atoms with E-state index in [0.717, 1.165) is 26.1 Å². The first-order valence-corrected chi connectivity index (χ1v) is 5.75. The van der Waals surface area contributed by atoms with Crippen LogP contribution < -0.4 is 5.32 Å². The number of hydrogen-bond donors (Lipinski definition) is 1. The van der Waals surface area contributed by atoms with Crippen LogP contribution in [-0.2, 0) is 7.05 Å². The van der Waals surface area contributed by atoms with E-state index >= 15 is 0 Å². The first-order valence-electron chi connectivity index (χ1n) is 5.75. The van der Waals surface area contributed by atoms with Crippen LogP contribution >= 0.6 is 0 Å². The third kappa shape index (κ3) is 1.43. The van der Waals surface area contributed by atoms with Crippen LogP contribution in [0.2, 0.25) is 0 Å². The van der Waals surface area contributed by atoms with Crippen LogP contribution in [0.3, 0.4) is 0 Å². The highest BCUT2D eigenvalue weighted by Crippen LogP contribution is 2.28. The van der Waals surface area contributed by atoms with Gasteiger partial charge in [0.15, 0.2) is 0 Å². The van der Waals surface area contributed by atoms with Gasteiger partial charge in [-0.2, -0.15) is 0 Å². The standard InChI is InChI=1S/C11H16N4O/c1-14-6-9(13-7-14)11(16)15-3-2-8-4-12-5-10(8)15/h6-8,10,12H,2-5H2,1H3/t8-,10+/m0/s1. The Balaban J connectivity index is 1.80. The Labute approximate surface area is 94.4 Å². The van der Waals surface area contributed by atoms with Crippen molar-refractivity contribution in [2.24, 2.45) is 13.0 Å². The summed E-state index contributed by atoms with van der Waals surface area (Å²) in [5.74, 6) is 0.726. The highest BCUT2D eigenvalue weighted by molar-refractivity contribution is 5.92. The van der Waals surface area contributed by atoms with Crippen LogP contribution in [0.4, 0.5) is 0 Å². The Morgan fingerprint density at radius 2 is 2.44 bits per heavy atom. The predicted octanol–water partition coefficient (Wildman–Crippen LogP) is -0.146. The Kier molecular flexibility index (Phi) is 2.21. The second-order valence-electron chi connectivity index (χ2n) is 4.70. The zero-order valence-electron chi connectivity index (χ0n) is 9.39. The molecule has 86 valence electrons. The maximum Gasteiger partial charge on any atom is 0.274 e. The molecule has 1 aromatic rings. The summed E-state index contributed by atoms with van der Waals surface area (Å²) in [6.07, 6.45) is 4.59. The Morgan fingerprint density at radius 1 is 1.56 bits per heavy atom. The number of nitrogens with one attached hydrogen (secondary N) is 1. The molecule has 0 bridgehead atoms. The highest BCUT2D eigenvalue weighted by atomic mass is 16.2. The van der Waals surface area contributed by atoms with Crippen molar-refractivity contribution in [1.29, 1.82) is 0 Å². The fourth-order valence-electron chi connectivity index (χ4n) is 2.77. The molecule has 3 rings (SSSR count). The van der Waals surface area contributed by atoms with Crippen LogP contribution in [0.25, 0.3) is 0 Å². The van der Waals surface area contributed by atoms with Crippen LogP contribution in [0.5, 0.6) is 0 Å². The molecular formula is C11H16N4O. The molecule has 1 N–H and O–H groups in total. The number of carbonyl (C=O) groups excluding carboxylic acids is 1. The molecule has 2 aliphatic rings. The molecule has 0 unspecified atom stereocenters. The summed E-state index contributed by atoms with van der Waals surface area (Å²) in [7, 11) is 1.88. The molecule has 1 aromatic heterocycles. The molecule has 1 amide bonds. The van der Waals surface area contributed by atoms with E-state index in [9.17, 15) is 4.79 Å². The van der Waals surface area contributed by atoms with E-state index in [0.29, 0.717) is 17.7 Å². The molecule has 5 nitrogen and oxygen atoms in total. The zero-order chi connectivity index (χ0) is 11.1. The number of amides is 1. The van der Waals surface area contributed by atoms with E-state index < -0.39 is 0 Å². The number of nitrogens with zero attached hydrogens (tertiary/aromatic N) is 3. The predicted molar refractivity (Wildman–Crippen MR) is 59.0 cm³/mol. The fraction of sp³-hybridized carbons (Fsp3) is 0.636. The Hall–Kier alpha value is -1.36. The zero-order valence-corrected chi connectivity index (χ0v) is 9.39. The van der Waals surface area contributed by atoms with Gasteiger partial charge in [0.05, 0.1) is 6.33 Å². The van der Waals surface area contributed by atoms with Gasteiger partial charge in [0.25, 0.3) is 5.91 Å². The lowest BCUT2D eigenvalue weighted by atomic mass is 10.1. The van der Waals surface area contributed by atoms with Crippen molar-refractivity contribution < 1.29 is 4.79 Å². The summed E-state index contributed by atoms with van der Waals surface area (Å²) < 4.78 is 1.81. The SMILES string of the molecule is Cn1cnc(C(=O)N2CC[C@H]3CNC[C@H]32)c1. The summed E-state index contributed by atoms with van der Waals surface area (Å²) in [6.45, 7) is 2.87. The van der Waals surface area contributed by atoms with E-state index in [-0.39, 0.29) is 5.91 Å². The van der Waals surface area contributed by atoms with E-state index in [2.05, 4.69) is 10.3 Å². The summed E-state index contributed by atoms with van der Waals surface area (Å²) >= 11 is 0. The number of likely N-dealkylation sites (tertiary alicyclic amines) is 1. The monoisotopic (exact) mass is 220 g/mol. The molecule has 0 aliphatic carbocycles. The highest BCUT2D eigenvalue weighted by Gasteiger charge is 2.40. The number of aromatic nitrogens is 2. The molecule has 0 radical (unpaired) electrons. The minimum Gasteiger partial charge on any atom is -0.340 e. The van der Waals surface area contributed by atoms with Crippen LogP contribution in [-0.4, -0.2) is 46.0 Å². The van der Waals surface area contributed by atoms with Crippen molar-refractivity contribution in [2.45, 2.75) is 12.5 Å². The first kappa shape index (κ1) is 9.84. The summed E-state index contributed by atoms with van der Waals surface area (Å²) in [5, 5.41) is 3.35. The van der Waals surface area contributed by atoms with Gasteiger partial charge >= 0.3 is 0 Å². The van der Waals surface area contributed by atoms with Gasteiger partial charge in [-0.05, 0) is 12.3 Å². The average molecular weight is 220 g/mol. The number of aryl methyl sites for hydroxylation is 1. The van der Waals surface area contributed by atoms with Gasteiger partial charge in [-0.1, -0.05) is 0 Å². The maximum atomic E-state index is 12.2. The minimum atomic E-state index is 0.0804. The molecule has 5 heteroatoms. The summed E-state index contributed by atoms with van der Waals surface area (Å²) in [5.41, 5.74) is 0.565. The molecule has 0 spiro atoms.